The van der Waals surface area contributed by atoms with Gasteiger partial charge in [-0.1, -0.05) is 40.2 Å². The van der Waals surface area contributed by atoms with Gasteiger partial charge in [-0.3, -0.25) is 15.0 Å². The number of amides is 1. The molecule has 0 saturated carbocycles. The number of nitrogens with zero attached hydrogens (tertiary/aromatic N) is 1. The molecule has 3 rings (SSSR count). The molecule has 30 heavy (non-hydrogen) atoms. The first-order valence-electron chi connectivity index (χ1n) is 9.48. The van der Waals surface area contributed by atoms with Crippen LogP contribution in [0, 0.1) is 11.7 Å². The Kier molecular flexibility index (Phi) is 7.36. The maximum atomic E-state index is 15.0. The molecule has 1 saturated heterocycles. The van der Waals surface area contributed by atoms with Crippen LogP contribution in [0.15, 0.2) is 65.7 Å². The van der Waals surface area contributed by atoms with E-state index in [1.807, 2.05) is 6.07 Å². The van der Waals surface area contributed by atoms with Crippen molar-refractivity contribution in [3.8, 4) is 0 Å². The minimum atomic E-state index is -1.02. The zero-order valence-corrected chi connectivity index (χ0v) is 18.7. The van der Waals surface area contributed by atoms with Gasteiger partial charge in [-0.05, 0) is 42.5 Å². The predicted octanol–water partition coefficient (Wildman–Crippen LogP) is 3.20. The lowest BCUT2D eigenvalue weighted by Gasteiger charge is -2.37. The first kappa shape index (κ1) is 22.6. The van der Waals surface area contributed by atoms with Gasteiger partial charge in [0, 0.05) is 47.8 Å². The van der Waals surface area contributed by atoms with E-state index in [-0.39, 0.29) is 23.5 Å². The van der Waals surface area contributed by atoms with Gasteiger partial charge >= 0.3 is 0 Å². The van der Waals surface area contributed by atoms with E-state index in [0.717, 1.165) is 0 Å². The van der Waals surface area contributed by atoms with Crippen LogP contribution in [-0.2, 0) is 5.54 Å². The third-order valence-corrected chi connectivity index (χ3v) is 5.96. The summed E-state index contributed by atoms with van der Waals surface area (Å²) in [5, 5.41) is 16.0. The fraction of sp³-hybridized carbons (Fsp3) is 0.273. The number of likely N-dealkylation sites (tertiary alicyclic amines) is 1. The Morgan fingerprint density at radius 3 is 2.77 bits per heavy atom. The molecule has 0 radical (unpaired) electrons. The van der Waals surface area contributed by atoms with E-state index >= 15 is 0 Å². The summed E-state index contributed by atoms with van der Waals surface area (Å²) >= 11 is 8.82. The van der Waals surface area contributed by atoms with Gasteiger partial charge in [0.05, 0.1) is 5.54 Å². The van der Waals surface area contributed by atoms with Crippen LogP contribution in [0.2, 0.25) is 0 Å². The summed E-state index contributed by atoms with van der Waals surface area (Å²) in [6.07, 6.45) is 1.76. The number of aliphatic hydroxyl groups is 1. The molecule has 1 heterocycles. The summed E-state index contributed by atoms with van der Waals surface area (Å²) in [5.41, 5.74) is -0.186. The number of hydrogen-bond acceptors (Lipinski definition) is 4. The minimum absolute atomic E-state index is 0.0714. The van der Waals surface area contributed by atoms with Crippen LogP contribution in [-0.4, -0.2) is 47.3 Å². The monoisotopic (exact) mass is 491 g/mol. The van der Waals surface area contributed by atoms with E-state index in [2.05, 4.69) is 38.0 Å². The van der Waals surface area contributed by atoms with Crippen molar-refractivity contribution in [2.24, 2.45) is 5.92 Å². The highest BCUT2D eigenvalue weighted by Gasteiger charge is 2.49. The van der Waals surface area contributed by atoms with E-state index in [0.29, 0.717) is 35.2 Å². The standard InChI is InChI=1S/C22H23BrFN3O2S/c1-2-10-27-12-16(13-28)22(14-27,18-11-17(23)8-9-19(18)24)26-21(30)25-20(29)15-6-4-3-5-7-15/h2-9,11,16,28H,1,10,12-14H2,(H2,25,26,29,30)/t16-,22-/m0/s1. The molecule has 2 aromatic rings. The van der Waals surface area contributed by atoms with Crippen molar-refractivity contribution in [3.05, 3.63) is 82.6 Å². The zero-order valence-electron chi connectivity index (χ0n) is 16.3. The third kappa shape index (κ3) is 4.78. The number of hydrogen-bond donors (Lipinski definition) is 3. The average Bonchev–Trinajstić information content (AvgIpc) is 3.08. The van der Waals surface area contributed by atoms with Crippen LogP contribution in [0.4, 0.5) is 4.39 Å². The van der Waals surface area contributed by atoms with Gasteiger partial charge in [-0.2, -0.15) is 0 Å². The lowest BCUT2D eigenvalue weighted by Crippen LogP contribution is -2.56. The summed E-state index contributed by atoms with van der Waals surface area (Å²) < 4.78 is 15.7. The number of benzene rings is 2. The van der Waals surface area contributed by atoms with Crippen molar-refractivity contribution in [3.63, 3.8) is 0 Å². The molecule has 8 heteroatoms. The molecule has 1 aliphatic heterocycles. The van der Waals surface area contributed by atoms with Gasteiger partial charge in [0.2, 0.25) is 0 Å². The lowest BCUT2D eigenvalue weighted by molar-refractivity contribution is 0.0975. The highest BCUT2D eigenvalue weighted by atomic mass is 79.9. The number of rotatable bonds is 6. The highest BCUT2D eigenvalue weighted by Crippen LogP contribution is 2.39. The third-order valence-electron chi connectivity index (χ3n) is 5.26. The predicted molar refractivity (Wildman–Crippen MR) is 123 cm³/mol. The number of aliphatic hydroxyl groups excluding tert-OH is 1. The highest BCUT2D eigenvalue weighted by molar-refractivity contribution is 9.10. The second-order valence-corrected chi connectivity index (χ2v) is 8.56. The number of nitrogens with one attached hydrogen (secondary N) is 2. The number of carbonyl (C=O) groups is 1. The molecule has 5 nitrogen and oxygen atoms in total. The van der Waals surface area contributed by atoms with E-state index in [4.69, 9.17) is 12.2 Å². The van der Waals surface area contributed by atoms with Gasteiger partial charge in [-0.15, -0.1) is 6.58 Å². The fourth-order valence-electron chi connectivity index (χ4n) is 3.90. The molecule has 0 bridgehead atoms. The van der Waals surface area contributed by atoms with Crippen molar-refractivity contribution in [1.29, 1.82) is 0 Å². The molecular formula is C22H23BrFN3O2S. The second kappa shape index (κ2) is 9.78. The Bertz CT molecular complexity index is 943. The first-order chi connectivity index (χ1) is 14.4. The quantitative estimate of drug-likeness (QED) is 0.427. The number of thiocarbonyl (C=S) groups is 1. The van der Waals surface area contributed by atoms with Crippen LogP contribution in [0.5, 0.6) is 0 Å². The van der Waals surface area contributed by atoms with E-state index < -0.39 is 11.4 Å². The summed E-state index contributed by atoms with van der Waals surface area (Å²) in [6.45, 7) is 5.09. The van der Waals surface area contributed by atoms with Crippen LogP contribution >= 0.6 is 28.1 Å². The summed E-state index contributed by atoms with van der Waals surface area (Å²) in [4.78, 5) is 14.6. The van der Waals surface area contributed by atoms with Gasteiger partial charge in [0.15, 0.2) is 5.11 Å². The van der Waals surface area contributed by atoms with Crippen LogP contribution in [0.1, 0.15) is 15.9 Å². The Labute approximate surface area is 189 Å². The topological polar surface area (TPSA) is 64.6 Å². The molecule has 158 valence electrons. The molecule has 1 aliphatic rings. The summed E-state index contributed by atoms with van der Waals surface area (Å²) in [7, 11) is 0. The Morgan fingerprint density at radius 2 is 2.10 bits per heavy atom. The Balaban J connectivity index is 1.94. The molecule has 0 unspecified atom stereocenters. The van der Waals surface area contributed by atoms with Gasteiger partial charge in [0.1, 0.15) is 5.82 Å². The molecular weight excluding hydrogens is 469 g/mol. The smallest absolute Gasteiger partial charge is 0.257 e. The Hall–Kier alpha value is -2.13. The van der Waals surface area contributed by atoms with Crippen molar-refractivity contribution in [2.75, 3.05) is 26.2 Å². The first-order valence-corrected chi connectivity index (χ1v) is 10.7. The van der Waals surface area contributed by atoms with E-state index in [1.54, 1.807) is 42.5 Å². The summed E-state index contributed by atoms with van der Waals surface area (Å²) in [6, 6.07) is 13.4. The van der Waals surface area contributed by atoms with Gasteiger partial charge in [-0.25, -0.2) is 4.39 Å². The largest absolute Gasteiger partial charge is 0.396 e. The molecule has 0 spiro atoms. The number of halogens is 2. The van der Waals surface area contributed by atoms with Gasteiger partial charge < -0.3 is 10.4 Å². The van der Waals surface area contributed by atoms with Crippen molar-refractivity contribution in [2.45, 2.75) is 5.54 Å². The maximum Gasteiger partial charge on any atom is 0.257 e. The minimum Gasteiger partial charge on any atom is -0.396 e. The summed E-state index contributed by atoms with van der Waals surface area (Å²) in [5.74, 6) is -1.13. The van der Waals surface area contributed by atoms with Gasteiger partial charge in [0.25, 0.3) is 5.91 Å². The molecule has 1 amide bonds. The fourth-order valence-corrected chi connectivity index (χ4v) is 4.54. The molecule has 0 aliphatic carbocycles. The maximum absolute atomic E-state index is 15.0. The van der Waals surface area contributed by atoms with E-state index in [1.165, 1.54) is 6.07 Å². The Morgan fingerprint density at radius 1 is 1.37 bits per heavy atom. The SMILES string of the molecule is C=CCN1C[C@@H](CO)[C@](NC(=S)NC(=O)c2ccccc2)(c2cc(Br)ccc2F)C1. The molecule has 1 fully saturated rings. The molecule has 3 N–H and O–H groups in total. The van der Waals surface area contributed by atoms with Crippen LogP contribution < -0.4 is 10.6 Å². The molecule has 0 aromatic heterocycles. The van der Waals surface area contributed by atoms with Crippen molar-refractivity contribution >= 4 is 39.2 Å². The molecule has 2 aromatic carbocycles. The average molecular weight is 492 g/mol. The second-order valence-electron chi connectivity index (χ2n) is 7.23. The van der Waals surface area contributed by atoms with Crippen molar-refractivity contribution in [1.82, 2.24) is 15.5 Å². The van der Waals surface area contributed by atoms with E-state index in [9.17, 15) is 14.3 Å². The zero-order chi connectivity index (χ0) is 21.7. The van der Waals surface area contributed by atoms with Crippen LogP contribution in [0.25, 0.3) is 0 Å². The lowest BCUT2D eigenvalue weighted by atomic mass is 9.80. The van der Waals surface area contributed by atoms with Crippen molar-refractivity contribution < 1.29 is 14.3 Å². The molecule has 2 atom stereocenters. The number of carbonyl (C=O) groups excluding carboxylic acids is 1. The normalized spacial score (nSPS) is 21.2. The van der Waals surface area contributed by atoms with Crippen LogP contribution in [0.3, 0.4) is 0 Å².